The Morgan fingerprint density at radius 1 is 0.204 bits per heavy atom. The topological polar surface area (TPSA) is 80.8 Å². The predicted octanol–water partition coefficient (Wildman–Crippen LogP) is 7.97. The van der Waals surface area contributed by atoms with E-state index in [1.54, 1.807) is 27.4 Å². The van der Waals surface area contributed by atoms with Crippen LogP contribution in [-0.2, 0) is 0 Å². The molecule has 0 saturated heterocycles. The van der Waals surface area contributed by atoms with Crippen LogP contribution in [0.15, 0.2) is 196 Å². The van der Waals surface area contributed by atoms with Gasteiger partial charge in [-0.05, 0) is 109 Å². The zero-order valence-electron chi connectivity index (χ0n) is 28.7. The largest absolute Gasteiger partial charge is 0.338 e. The summed E-state index contributed by atoms with van der Waals surface area (Å²) in [5.74, 6) is 0. The zero-order chi connectivity index (χ0) is 36.3. The predicted molar refractivity (Wildman–Crippen MR) is 214 cm³/mol. The van der Waals surface area contributed by atoms with Crippen molar-refractivity contribution in [3.63, 3.8) is 0 Å². The van der Waals surface area contributed by atoms with Crippen molar-refractivity contribution in [3.05, 3.63) is 213 Å². The third-order valence-corrected chi connectivity index (χ3v) is 10.00. The number of imidazole rings is 3. The van der Waals surface area contributed by atoms with Gasteiger partial charge in [0.05, 0.1) is 67.2 Å². The second kappa shape index (κ2) is 12.2. The van der Waals surface area contributed by atoms with E-state index in [9.17, 15) is 14.4 Å². The molecule has 258 valence electrons. The number of rotatable bonds is 6. The van der Waals surface area contributed by atoms with E-state index >= 15 is 0 Å². The van der Waals surface area contributed by atoms with Gasteiger partial charge in [-0.25, -0.2) is 14.4 Å². The van der Waals surface area contributed by atoms with Crippen LogP contribution in [-0.4, -0.2) is 27.4 Å². The highest BCUT2D eigenvalue weighted by atomic mass is 16.2. The minimum absolute atomic E-state index is 0.181. The summed E-state index contributed by atoms with van der Waals surface area (Å²) in [5.41, 5.74) is 8.29. The molecule has 10 rings (SSSR count). The lowest BCUT2D eigenvalue weighted by Gasteiger charge is -2.08. The summed E-state index contributed by atoms with van der Waals surface area (Å²) in [5, 5.41) is 0. The van der Waals surface area contributed by atoms with Crippen LogP contribution < -0.4 is 17.1 Å². The van der Waals surface area contributed by atoms with Gasteiger partial charge in [-0.1, -0.05) is 72.8 Å². The standard InChI is InChI=1S/C45H30N6O3/c52-43-46(31-13-3-1-4-14-31)37-17-7-9-19-39(37)48(43)33-23-27-35(28-24-33)50-41-21-11-12-22-42(41)51(45(50)54)36-29-25-34(26-30-36)49-40-20-10-8-18-38(40)47(44(49)53)32-15-5-2-6-16-32/h1-30H. The Labute approximate surface area is 307 Å². The van der Waals surface area contributed by atoms with Gasteiger partial charge in [0.1, 0.15) is 0 Å². The molecule has 0 amide bonds. The number of nitrogens with zero attached hydrogens (tertiary/aromatic N) is 6. The first-order chi connectivity index (χ1) is 26.6. The van der Waals surface area contributed by atoms with Crippen LogP contribution in [0.3, 0.4) is 0 Å². The molecule has 54 heavy (non-hydrogen) atoms. The normalized spacial score (nSPS) is 11.6. The molecule has 0 aliphatic rings. The van der Waals surface area contributed by atoms with Crippen molar-refractivity contribution in [2.24, 2.45) is 0 Å². The van der Waals surface area contributed by atoms with Gasteiger partial charge in [0.25, 0.3) is 0 Å². The highest BCUT2D eigenvalue weighted by Gasteiger charge is 2.20. The van der Waals surface area contributed by atoms with Crippen molar-refractivity contribution in [2.45, 2.75) is 0 Å². The maximum Gasteiger partial charge on any atom is 0.338 e. The number of benzene rings is 7. The Bertz CT molecular complexity index is 2980. The van der Waals surface area contributed by atoms with Gasteiger partial charge in [0, 0.05) is 0 Å². The molecule has 0 aliphatic carbocycles. The number of fused-ring (bicyclic) bond motifs is 3. The minimum atomic E-state index is -0.243. The Hall–Kier alpha value is -7.65. The van der Waals surface area contributed by atoms with Crippen molar-refractivity contribution in [1.29, 1.82) is 0 Å². The molecule has 9 nitrogen and oxygen atoms in total. The van der Waals surface area contributed by atoms with Crippen LogP contribution in [0.1, 0.15) is 0 Å². The minimum Gasteiger partial charge on any atom is -0.260 e. The quantitative estimate of drug-likeness (QED) is 0.176. The molecular formula is C45H30N6O3. The highest BCUT2D eigenvalue weighted by Crippen LogP contribution is 2.26. The van der Waals surface area contributed by atoms with E-state index in [-0.39, 0.29) is 17.1 Å². The van der Waals surface area contributed by atoms with Crippen LogP contribution in [0.4, 0.5) is 0 Å². The summed E-state index contributed by atoms with van der Waals surface area (Å²) in [6.45, 7) is 0. The molecule has 10 aromatic rings. The average Bonchev–Trinajstić information content (AvgIpc) is 3.81. The Balaban J connectivity index is 1.06. The number of hydrogen-bond donors (Lipinski definition) is 0. The smallest absolute Gasteiger partial charge is 0.260 e. The Morgan fingerprint density at radius 2 is 0.370 bits per heavy atom. The maximum atomic E-state index is 14.4. The lowest BCUT2D eigenvalue weighted by Crippen LogP contribution is -2.23. The van der Waals surface area contributed by atoms with Gasteiger partial charge in [0.15, 0.2) is 0 Å². The lowest BCUT2D eigenvalue weighted by atomic mass is 10.2. The van der Waals surface area contributed by atoms with Crippen LogP contribution in [0.25, 0.3) is 67.2 Å². The first-order valence-corrected chi connectivity index (χ1v) is 17.6. The van der Waals surface area contributed by atoms with Crippen molar-refractivity contribution in [3.8, 4) is 34.1 Å². The van der Waals surface area contributed by atoms with E-state index in [2.05, 4.69) is 0 Å². The monoisotopic (exact) mass is 702 g/mol. The molecular weight excluding hydrogens is 673 g/mol. The fourth-order valence-corrected chi connectivity index (χ4v) is 7.60. The van der Waals surface area contributed by atoms with E-state index in [0.29, 0.717) is 22.7 Å². The molecule has 0 unspecified atom stereocenters. The fraction of sp³-hybridized carbons (Fsp3) is 0. The molecule has 7 aromatic carbocycles. The molecule has 0 bridgehead atoms. The van der Waals surface area contributed by atoms with Gasteiger partial charge < -0.3 is 0 Å². The molecule has 0 N–H and O–H groups in total. The van der Waals surface area contributed by atoms with Crippen LogP contribution in [0.5, 0.6) is 0 Å². The van der Waals surface area contributed by atoms with Crippen LogP contribution in [0.2, 0.25) is 0 Å². The molecule has 0 saturated carbocycles. The van der Waals surface area contributed by atoms with Crippen molar-refractivity contribution in [2.75, 3.05) is 0 Å². The molecule has 3 heterocycles. The molecule has 0 spiro atoms. The van der Waals surface area contributed by atoms with E-state index in [1.165, 1.54) is 0 Å². The van der Waals surface area contributed by atoms with E-state index in [1.807, 2.05) is 182 Å². The highest BCUT2D eigenvalue weighted by molar-refractivity contribution is 5.83. The average molecular weight is 703 g/mol. The summed E-state index contributed by atoms with van der Waals surface area (Å²) in [6, 6.07) is 57.2. The van der Waals surface area contributed by atoms with Gasteiger partial charge in [-0.3, -0.25) is 27.4 Å². The summed E-state index contributed by atoms with van der Waals surface area (Å²) in [7, 11) is 0. The van der Waals surface area contributed by atoms with E-state index < -0.39 is 0 Å². The van der Waals surface area contributed by atoms with Crippen molar-refractivity contribution < 1.29 is 0 Å². The Kier molecular flexibility index (Phi) is 7.06. The van der Waals surface area contributed by atoms with Crippen molar-refractivity contribution >= 4 is 33.1 Å². The number of hydrogen-bond acceptors (Lipinski definition) is 3. The lowest BCUT2D eigenvalue weighted by molar-refractivity contribution is 0.915. The van der Waals surface area contributed by atoms with Gasteiger partial charge in [-0.2, -0.15) is 0 Å². The molecule has 0 fully saturated rings. The van der Waals surface area contributed by atoms with Gasteiger partial charge >= 0.3 is 17.1 Å². The SMILES string of the molecule is O=c1n(-c2ccccc2)c2ccccc2n1-c1ccc(-n2c(=O)n(-c3ccc(-n4c(=O)n(-c5ccccc5)c5ccccc54)cc3)c3ccccc32)cc1. The maximum absolute atomic E-state index is 14.4. The van der Waals surface area contributed by atoms with E-state index in [4.69, 9.17) is 0 Å². The summed E-state index contributed by atoms with van der Waals surface area (Å²) >= 11 is 0. The molecule has 0 radical (unpaired) electrons. The fourth-order valence-electron chi connectivity index (χ4n) is 7.60. The first kappa shape index (κ1) is 31.1. The van der Waals surface area contributed by atoms with E-state index in [0.717, 1.165) is 44.5 Å². The molecule has 9 heteroatoms. The van der Waals surface area contributed by atoms with Gasteiger partial charge in [0.2, 0.25) is 0 Å². The summed E-state index contributed by atoms with van der Waals surface area (Å²) < 4.78 is 10.2. The first-order valence-electron chi connectivity index (χ1n) is 17.6. The molecule has 0 atom stereocenters. The Morgan fingerprint density at radius 3 is 0.574 bits per heavy atom. The summed E-state index contributed by atoms with van der Waals surface area (Å²) in [6.07, 6.45) is 0. The summed E-state index contributed by atoms with van der Waals surface area (Å²) in [4.78, 5) is 42.3. The third-order valence-electron chi connectivity index (χ3n) is 10.00. The van der Waals surface area contributed by atoms with Crippen LogP contribution >= 0.6 is 0 Å². The molecule has 3 aromatic heterocycles. The zero-order valence-corrected chi connectivity index (χ0v) is 28.7. The van der Waals surface area contributed by atoms with Crippen LogP contribution in [0, 0.1) is 0 Å². The van der Waals surface area contributed by atoms with Gasteiger partial charge in [-0.15, -0.1) is 0 Å². The third kappa shape index (κ3) is 4.69. The second-order valence-electron chi connectivity index (χ2n) is 13.0. The number of para-hydroxylation sites is 8. The second-order valence-corrected chi connectivity index (χ2v) is 13.0. The number of aromatic nitrogens is 6. The van der Waals surface area contributed by atoms with Crippen molar-refractivity contribution in [1.82, 2.24) is 27.4 Å². The molecule has 0 aliphatic heterocycles.